The Balaban J connectivity index is 1.59. The molecule has 0 spiro atoms. The second kappa shape index (κ2) is 9.49. The molecular formula is C29H30F3N3O2. The standard InChI is InChI=1S/C29H30F3N3O2/c1-17-10-20-13-19(21-14-33-35(15-21)22-6-7-22)5-8-23(20)28(34(17)16-29(2,3)32)27-24(30)11-18(12-25(27)31)4-9-26(36)37/h4-5,8-9,11-15,17,22,28H,6-7,10,16H2,1-3H3,(H,36,37)/b9-4+. The van der Waals surface area contributed by atoms with Crippen molar-refractivity contribution in [1.82, 2.24) is 14.7 Å². The van der Waals surface area contributed by atoms with Crippen molar-refractivity contribution >= 4 is 12.0 Å². The normalized spacial score (nSPS) is 20.4. The lowest BCUT2D eigenvalue weighted by atomic mass is 9.82. The Bertz CT molecular complexity index is 1350. The summed E-state index contributed by atoms with van der Waals surface area (Å²) >= 11 is 0. The van der Waals surface area contributed by atoms with Crippen LogP contribution in [0.2, 0.25) is 0 Å². The number of hydrogen-bond acceptors (Lipinski definition) is 3. The molecule has 1 N–H and O–H groups in total. The Hall–Kier alpha value is -3.39. The van der Waals surface area contributed by atoms with E-state index in [4.69, 9.17) is 5.11 Å². The molecule has 2 aromatic carbocycles. The number of carboxylic acids is 1. The molecule has 194 valence electrons. The Morgan fingerprint density at radius 2 is 1.86 bits per heavy atom. The fourth-order valence-corrected chi connectivity index (χ4v) is 5.25. The number of aliphatic carboxylic acids is 1. The molecule has 2 atom stereocenters. The summed E-state index contributed by atoms with van der Waals surface area (Å²) in [5, 5.41) is 13.3. The summed E-state index contributed by atoms with van der Waals surface area (Å²) in [5.41, 5.74) is 2.00. The third-order valence-electron chi connectivity index (χ3n) is 7.06. The summed E-state index contributed by atoms with van der Waals surface area (Å²) < 4.78 is 47.9. The Morgan fingerprint density at radius 3 is 2.49 bits per heavy atom. The molecule has 1 fully saturated rings. The van der Waals surface area contributed by atoms with Crippen LogP contribution in [-0.4, -0.2) is 44.0 Å². The third kappa shape index (κ3) is 5.34. The monoisotopic (exact) mass is 509 g/mol. The van der Waals surface area contributed by atoms with Gasteiger partial charge in [-0.2, -0.15) is 5.10 Å². The minimum absolute atomic E-state index is 0.00622. The first kappa shape index (κ1) is 25.3. The molecule has 0 saturated heterocycles. The molecule has 2 heterocycles. The molecule has 1 aliphatic heterocycles. The first-order valence-electron chi connectivity index (χ1n) is 12.5. The van der Waals surface area contributed by atoms with Crippen LogP contribution in [0.15, 0.2) is 48.8 Å². The molecule has 2 aliphatic rings. The largest absolute Gasteiger partial charge is 0.478 e. The van der Waals surface area contributed by atoms with Crippen molar-refractivity contribution in [2.75, 3.05) is 6.54 Å². The number of halogens is 3. The van der Waals surface area contributed by atoms with E-state index in [0.717, 1.165) is 59.4 Å². The zero-order valence-electron chi connectivity index (χ0n) is 21.1. The molecule has 1 aliphatic carbocycles. The van der Waals surface area contributed by atoms with E-state index in [-0.39, 0.29) is 23.7 Å². The van der Waals surface area contributed by atoms with Gasteiger partial charge in [0.1, 0.15) is 17.3 Å². The van der Waals surface area contributed by atoms with Crippen LogP contribution in [0, 0.1) is 11.6 Å². The van der Waals surface area contributed by atoms with Gasteiger partial charge in [-0.25, -0.2) is 18.0 Å². The van der Waals surface area contributed by atoms with Crippen LogP contribution in [0.4, 0.5) is 13.2 Å². The summed E-state index contributed by atoms with van der Waals surface area (Å²) in [6, 6.07) is 7.54. The van der Waals surface area contributed by atoms with E-state index < -0.39 is 29.3 Å². The molecule has 5 nitrogen and oxygen atoms in total. The van der Waals surface area contributed by atoms with Crippen LogP contribution in [0.5, 0.6) is 0 Å². The maximum Gasteiger partial charge on any atom is 0.328 e. The number of rotatable bonds is 7. The maximum absolute atomic E-state index is 15.5. The van der Waals surface area contributed by atoms with Gasteiger partial charge in [-0.1, -0.05) is 18.2 Å². The van der Waals surface area contributed by atoms with Gasteiger partial charge in [0, 0.05) is 36.0 Å². The van der Waals surface area contributed by atoms with Crippen LogP contribution in [-0.2, 0) is 11.2 Å². The van der Waals surface area contributed by atoms with Crippen LogP contribution in [0.25, 0.3) is 17.2 Å². The number of carbonyl (C=O) groups is 1. The average molecular weight is 510 g/mol. The van der Waals surface area contributed by atoms with Crippen molar-refractivity contribution in [2.45, 2.75) is 63.8 Å². The number of carboxylic acid groups (broad SMARTS) is 1. The zero-order chi connectivity index (χ0) is 26.5. The summed E-state index contributed by atoms with van der Waals surface area (Å²) in [4.78, 5) is 12.7. The summed E-state index contributed by atoms with van der Waals surface area (Å²) in [5.74, 6) is -2.81. The van der Waals surface area contributed by atoms with Crippen LogP contribution < -0.4 is 0 Å². The highest BCUT2D eigenvalue weighted by molar-refractivity contribution is 5.85. The quantitative estimate of drug-likeness (QED) is 0.378. The minimum Gasteiger partial charge on any atom is -0.478 e. The molecule has 5 rings (SSSR count). The average Bonchev–Trinajstić information content (AvgIpc) is 3.54. The van der Waals surface area contributed by atoms with Gasteiger partial charge in [0.15, 0.2) is 0 Å². The minimum atomic E-state index is -1.58. The topological polar surface area (TPSA) is 58.4 Å². The third-order valence-corrected chi connectivity index (χ3v) is 7.06. The number of nitrogens with zero attached hydrogens (tertiary/aromatic N) is 3. The first-order chi connectivity index (χ1) is 17.5. The van der Waals surface area contributed by atoms with Gasteiger partial charge in [-0.15, -0.1) is 0 Å². The van der Waals surface area contributed by atoms with Gasteiger partial charge in [0.2, 0.25) is 0 Å². The van der Waals surface area contributed by atoms with Gasteiger partial charge in [0.05, 0.1) is 18.3 Å². The predicted octanol–water partition coefficient (Wildman–Crippen LogP) is 6.35. The van der Waals surface area contributed by atoms with Gasteiger partial charge in [-0.05, 0) is 80.5 Å². The highest BCUT2D eigenvalue weighted by Crippen LogP contribution is 2.43. The van der Waals surface area contributed by atoms with E-state index in [1.54, 1.807) is 0 Å². The van der Waals surface area contributed by atoms with Crippen molar-refractivity contribution in [3.05, 3.63) is 82.7 Å². The molecule has 3 aromatic rings. The van der Waals surface area contributed by atoms with Crippen molar-refractivity contribution in [3.63, 3.8) is 0 Å². The summed E-state index contributed by atoms with van der Waals surface area (Å²) in [7, 11) is 0. The molecular weight excluding hydrogens is 479 g/mol. The van der Waals surface area contributed by atoms with Gasteiger partial charge < -0.3 is 5.11 Å². The van der Waals surface area contributed by atoms with Gasteiger partial charge in [0.25, 0.3) is 0 Å². The number of hydrogen-bond donors (Lipinski definition) is 1. The molecule has 37 heavy (non-hydrogen) atoms. The second-order valence-electron chi connectivity index (χ2n) is 10.8. The molecule has 8 heteroatoms. The smallest absolute Gasteiger partial charge is 0.328 e. The van der Waals surface area contributed by atoms with Crippen molar-refractivity contribution in [2.24, 2.45) is 0 Å². The van der Waals surface area contributed by atoms with Gasteiger partial charge in [-0.3, -0.25) is 9.58 Å². The lowest BCUT2D eigenvalue weighted by Gasteiger charge is -2.44. The highest BCUT2D eigenvalue weighted by Gasteiger charge is 2.39. The first-order valence-corrected chi connectivity index (χ1v) is 12.5. The van der Waals surface area contributed by atoms with E-state index in [2.05, 4.69) is 5.10 Å². The second-order valence-corrected chi connectivity index (χ2v) is 10.8. The van der Waals surface area contributed by atoms with Crippen LogP contribution in [0.1, 0.15) is 68.0 Å². The summed E-state index contributed by atoms with van der Waals surface area (Å²) in [6.45, 7) is 4.85. The van der Waals surface area contributed by atoms with Crippen molar-refractivity contribution in [1.29, 1.82) is 0 Å². The molecule has 1 aromatic heterocycles. The van der Waals surface area contributed by atoms with E-state index in [1.807, 2.05) is 47.1 Å². The number of fused-ring (bicyclic) bond motifs is 1. The fraction of sp³-hybridized carbons (Fsp3) is 0.379. The predicted molar refractivity (Wildman–Crippen MR) is 136 cm³/mol. The van der Waals surface area contributed by atoms with Crippen molar-refractivity contribution in [3.8, 4) is 11.1 Å². The SMILES string of the molecule is CC1Cc2cc(-c3cnn(C4CC4)c3)ccc2C(c2c(F)cc(/C=C/C(=O)O)cc2F)N1CC(C)(C)F. The number of aromatic nitrogens is 2. The van der Waals surface area contributed by atoms with Crippen LogP contribution in [0.3, 0.4) is 0 Å². The van der Waals surface area contributed by atoms with E-state index in [9.17, 15) is 9.18 Å². The number of alkyl halides is 1. The van der Waals surface area contributed by atoms with E-state index >= 15 is 8.78 Å². The lowest BCUT2D eigenvalue weighted by molar-refractivity contribution is -0.131. The zero-order valence-corrected chi connectivity index (χ0v) is 21.1. The molecule has 1 saturated carbocycles. The lowest BCUT2D eigenvalue weighted by Crippen LogP contribution is -2.48. The maximum atomic E-state index is 15.5. The molecule has 2 unspecified atom stereocenters. The summed E-state index contributed by atoms with van der Waals surface area (Å²) in [6.07, 6.45) is 8.72. The Kier molecular flexibility index (Phi) is 6.48. The fourth-order valence-electron chi connectivity index (χ4n) is 5.25. The Labute approximate surface area is 214 Å². The number of benzene rings is 2. The van der Waals surface area contributed by atoms with E-state index in [0.29, 0.717) is 12.5 Å². The van der Waals surface area contributed by atoms with Crippen LogP contribution >= 0.6 is 0 Å². The molecule has 0 amide bonds. The molecule has 0 bridgehead atoms. The highest BCUT2D eigenvalue weighted by atomic mass is 19.1. The van der Waals surface area contributed by atoms with Crippen molar-refractivity contribution < 1.29 is 23.1 Å². The Morgan fingerprint density at radius 1 is 1.16 bits per heavy atom. The van der Waals surface area contributed by atoms with Gasteiger partial charge >= 0.3 is 5.97 Å². The van der Waals surface area contributed by atoms with E-state index in [1.165, 1.54) is 13.8 Å². The molecule has 0 radical (unpaired) electrons.